The number of hydrogen-bond donors (Lipinski definition) is 1. The fourth-order valence-corrected chi connectivity index (χ4v) is 1.20. The zero-order valence-electron chi connectivity index (χ0n) is 6.00. The molecule has 0 bridgehead atoms. The van der Waals surface area contributed by atoms with Crippen LogP contribution in [-0.4, -0.2) is 9.78 Å². The smallest absolute Gasteiger partial charge is 0.130 e. The first-order valence-corrected chi connectivity index (χ1v) is 3.91. The van der Waals surface area contributed by atoms with E-state index in [2.05, 4.69) is 21.0 Å². The van der Waals surface area contributed by atoms with Crippen LogP contribution in [0.2, 0.25) is 0 Å². The van der Waals surface area contributed by atoms with E-state index in [1.54, 1.807) is 10.7 Å². The predicted octanol–water partition coefficient (Wildman–Crippen LogP) is 1.81. The molecule has 3 nitrogen and oxygen atoms in total. The second kappa shape index (κ2) is 2.62. The van der Waals surface area contributed by atoms with E-state index in [1.807, 2.05) is 13.8 Å². The lowest BCUT2D eigenvalue weighted by Crippen LogP contribution is -2.06. The van der Waals surface area contributed by atoms with Crippen molar-refractivity contribution in [2.24, 2.45) is 0 Å². The Morgan fingerprint density at radius 3 is 2.50 bits per heavy atom. The summed E-state index contributed by atoms with van der Waals surface area (Å²) in [5.74, 6) is 0.696. The van der Waals surface area contributed by atoms with Crippen LogP contribution in [0.15, 0.2) is 10.7 Å². The first-order valence-electron chi connectivity index (χ1n) is 3.12. The molecule has 0 spiro atoms. The SMILES string of the molecule is CC(C)n1nc(Br)cc1N. The van der Waals surface area contributed by atoms with Crippen molar-refractivity contribution in [3.8, 4) is 0 Å². The van der Waals surface area contributed by atoms with Crippen molar-refractivity contribution in [2.75, 3.05) is 5.73 Å². The number of hydrogen-bond acceptors (Lipinski definition) is 2. The molecule has 0 aliphatic rings. The van der Waals surface area contributed by atoms with E-state index in [1.165, 1.54) is 0 Å². The van der Waals surface area contributed by atoms with Crippen molar-refractivity contribution in [2.45, 2.75) is 19.9 Å². The van der Waals surface area contributed by atoms with Crippen LogP contribution in [-0.2, 0) is 0 Å². The summed E-state index contributed by atoms with van der Waals surface area (Å²) in [6.45, 7) is 4.08. The number of rotatable bonds is 1. The fraction of sp³-hybridized carbons (Fsp3) is 0.500. The summed E-state index contributed by atoms with van der Waals surface area (Å²) in [5, 5.41) is 4.12. The first-order chi connectivity index (χ1) is 4.61. The highest BCUT2D eigenvalue weighted by Crippen LogP contribution is 2.16. The minimum atomic E-state index is 0.325. The van der Waals surface area contributed by atoms with E-state index in [4.69, 9.17) is 5.73 Å². The summed E-state index contributed by atoms with van der Waals surface area (Å²) in [7, 11) is 0. The van der Waals surface area contributed by atoms with Gasteiger partial charge in [-0.2, -0.15) is 5.10 Å². The third-order valence-electron chi connectivity index (χ3n) is 1.22. The molecule has 0 saturated carbocycles. The van der Waals surface area contributed by atoms with Gasteiger partial charge in [-0.25, -0.2) is 4.68 Å². The minimum absolute atomic E-state index is 0.325. The molecule has 0 atom stereocenters. The molecule has 1 aromatic rings. The summed E-state index contributed by atoms with van der Waals surface area (Å²) in [6.07, 6.45) is 0. The van der Waals surface area contributed by atoms with Crippen molar-refractivity contribution in [1.82, 2.24) is 9.78 Å². The van der Waals surface area contributed by atoms with Crippen molar-refractivity contribution in [1.29, 1.82) is 0 Å². The van der Waals surface area contributed by atoms with Gasteiger partial charge in [0.25, 0.3) is 0 Å². The predicted molar refractivity (Wildman–Crippen MR) is 44.7 cm³/mol. The maximum Gasteiger partial charge on any atom is 0.130 e. The van der Waals surface area contributed by atoms with Crippen molar-refractivity contribution in [3.63, 3.8) is 0 Å². The lowest BCUT2D eigenvalue weighted by Gasteiger charge is -2.05. The topological polar surface area (TPSA) is 43.8 Å². The van der Waals surface area contributed by atoms with Gasteiger partial charge in [0, 0.05) is 12.1 Å². The van der Waals surface area contributed by atoms with E-state index in [0.29, 0.717) is 11.9 Å². The molecule has 56 valence electrons. The molecule has 0 amide bonds. The number of anilines is 1. The summed E-state index contributed by atoms with van der Waals surface area (Å²) in [6, 6.07) is 2.12. The van der Waals surface area contributed by atoms with Gasteiger partial charge in [-0.3, -0.25) is 0 Å². The van der Waals surface area contributed by atoms with Crippen molar-refractivity contribution in [3.05, 3.63) is 10.7 Å². The van der Waals surface area contributed by atoms with Crippen LogP contribution in [0.5, 0.6) is 0 Å². The number of aromatic nitrogens is 2. The van der Waals surface area contributed by atoms with E-state index in [9.17, 15) is 0 Å². The lowest BCUT2D eigenvalue weighted by atomic mass is 10.4. The van der Waals surface area contributed by atoms with E-state index in [-0.39, 0.29) is 0 Å². The van der Waals surface area contributed by atoms with Gasteiger partial charge in [0.05, 0.1) is 0 Å². The molecule has 1 heterocycles. The minimum Gasteiger partial charge on any atom is -0.384 e. The van der Waals surface area contributed by atoms with Gasteiger partial charge in [0.2, 0.25) is 0 Å². The molecule has 1 aromatic heterocycles. The van der Waals surface area contributed by atoms with Crippen LogP contribution < -0.4 is 5.73 Å². The van der Waals surface area contributed by atoms with Gasteiger partial charge in [0.1, 0.15) is 10.4 Å². The highest BCUT2D eigenvalue weighted by atomic mass is 79.9. The van der Waals surface area contributed by atoms with Crippen LogP contribution in [0.4, 0.5) is 5.82 Å². The molecule has 0 aliphatic carbocycles. The molecule has 0 unspecified atom stereocenters. The Kier molecular flexibility index (Phi) is 1.99. The number of halogens is 1. The molecule has 2 N–H and O–H groups in total. The van der Waals surface area contributed by atoms with E-state index < -0.39 is 0 Å². The largest absolute Gasteiger partial charge is 0.384 e. The van der Waals surface area contributed by atoms with Crippen LogP contribution in [0.1, 0.15) is 19.9 Å². The van der Waals surface area contributed by atoms with Gasteiger partial charge < -0.3 is 5.73 Å². The Morgan fingerprint density at radius 1 is 1.70 bits per heavy atom. The van der Waals surface area contributed by atoms with Crippen molar-refractivity contribution >= 4 is 21.7 Å². The lowest BCUT2D eigenvalue weighted by molar-refractivity contribution is 0.538. The van der Waals surface area contributed by atoms with Gasteiger partial charge >= 0.3 is 0 Å². The standard InChI is InChI=1S/C6H10BrN3/c1-4(2)10-6(8)3-5(7)9-10/h3-4H,8H2,1-2H3. The van der Waals surface area contributed by atoms with Gasteiger partial charge in [0.15, 0.2) is 0 Å². The molecule has 10 heavy (non-hydrogen) atoms. The normalized spacial score (nSPS) is 10.8. The van der Waals surface area contributed by atoms with Crippen LogP contribution >= 0.6 is 15.9 Å². The van der Waals surface area contributed by atoms with Gasteiger partial charge in [-0.1, -0.05) is 0 Å². The Balaban J connectivity index is 3.03. The third-order valence-corrected chi connectivity index (χ3v) is 1.61. The molecular weight excluding hydrogens is 194 g/mol. The first kappa shape index (κ1) is 7.60. The molecule has 0 radical (unpaired) electrons. The van der Waals surface area contributed by atoms with Gasteiger partial charge in [-0.05, 0) is 29.8 Å². The summed E-state index contributed by atoms with van der Waals surface area (Å²) < 4.78 is 2.56. The quantitative estimate of drug-likeness (QED) is 0.757. The van der Waals surface area contributed by atoms with Crippen LogP contribution in [0, 0.1) is 0 Å². The average molecular weight is 204 g/mol. The molecule has 1 rings (SSSR count). The second-order valence-corrected chi connectivity index (χ2v) is 3.24. The van der Waals surface area contributed by atoms with Gasteiger partial charge in [-0.15, -0.1) is 0 Å². The Labute approximate surface area is 68.3 Å². The monoisotopic (exact) mass is 203 g/mol. The number of nitrogen functional groups attached to an aromatic ring is 1. The van der Waals surface area contributed by atoms with Crippen molar-refractivity contribution < 1.29 is 0 Å². The maximum atomic E-state index is 5.61. The fourth-order valence-electron chi connectivity index (χ4n) is 0.791. The summed E-state index contributed by atoms with van der Waals surface area (Å²) >= 11 is 3.24. The Hall–Kier alpha value is -0.510. The highest BCUT2D eigenvalue weighted by Gasteiger charge is 2.04. The Bertz CT molecular complexity index is 229. The number of nitrogens with two attached hydrogens (primary N) is 1. The summed E-state index contributed by atoms with van der Waals surface area (Å²) in [5.41, 5.74) is 5.61. The zero-order chi connectivity index (χ0) is 7.72. The molecule has 0 fully saturated rings. The number of nitrogens with zero attached hydrogens (tertiary/aromatic N) is 2. The van der Waals surface area contributed by atoms with Crippen LogP contribution in [0.25, 0.3) is 0 Å². The third kappa shape index (κ3) is 1.31. The molecule has 0 aliphatic heterocycles. The molecule has 4 heteroatoms. The Morgan fingerprint density at radius 2 is 2.30 bits per heavy atom. The molecule has 0 aromatic carbocycles. The maximum absolute atomic E-state index is 5.61. The van der Waals surface area contributed by atoms with Crippen LogP contribution in [0.3, 0.4) is 0 Å². The second-order valence-electron chi connectivity index (χ2n) is 2.43. The average Bonchev–Trinajstić information content (AvgIpc) is 2.10. The zero-order valence-corrected chi connectivity index (χ0v) is 7.59. The molecular formula is C6H10BrN3. The molecule has 0 saturated heterocycles. The highest BCUT2D eigenvalue weighted by molar-refractivity contribution is 9.10. The van der Waals surface area contributed by atoms with E-state index >= 15 is 0 Å². The summed E-state index contributed by atoms with van der Waals surface area (Å²) in [4.78, 5) is 0. The van der Waals surface area contributed by atoms with E-state index in [0.717, 1.165) is 4.60 Å².